The number of benzene rings is 2. The van der Waals surface area contributed by atoms with Crippen molar-refractivity contribution >= 4 is 27.0 Å². The van der Waals surface area contributed by atoms with Crippen LogP contribution in [0.4, 0.5) is 0 Å². The van der Waals surface area contributed by atoms with Crippen LogP contribution in [0.3, 0.4) is 0 Å². The number of fused-ring (bicyclic) bond motifs is 1. The molecule has 2 aliphatic rings. The maximum Gasteiger partial charge on any atom is 0.317 e. The third kappa shape index (κ3) is 3.94. The average molecular weight is 470 g/mol. The van der Waals surface area contributed by atoms with Crippen molar-refractivity contribution in [2.24, 2.45) is 0 Å². The van der Waals surface area contributed by atoms with Crippen LogP contribution >= 0.6 is 0 Å². The van der Waals surface area contributed by atoms with E-state index in [1.807, 2.05) is 41.8 Å². The first-order chi connectivity index (χ1) is 16.0. The Morgan fingerprint density at radius 2 is 1.85 bits per heavy atom. The van der Waals surface area contributed by atoms with Crippen LogP contribution in [0.2, 0.25) is 0 Å². The summed E-state index contributed by atoms with van der Waals surface area (Å²) < 4.78 is 40.4. The summed E-state index contributed by atoms with van der Waals surface area (Å²) in [6, 6.07) is 14.7. The van der Waals surface area contributed by atoms with E-state index in [0.29, 0.717) is 44.2 Å². The van der Waals surface area contributed by atoms with Crippen molar-refractivity contribution in [3.8, 4) is 0 Å². The van der Waals surface area contributed by atoms with Crippen LogP contribution in [-0.4, -0.2) is 54.5 Å². The van der Waals surface area contributed by atoms with E-state index in [2.05, 4.69) is 4.98 Å². The number of morpholine rings is 1. The molecule has 0 atom stereocenters. The summed E-state index contributed by atoms with van der Waals surface area (Å²) in [7, 11) is -3.61. The molecule has 33 heavy (non-hydrogen) atoms. The van der Waals surface area contributed by atoms with E-state index in [4.69, 9.17) is 9.47 Å². The van der Waals surface area contributed by atoms with E-state index in [1.165, 1.54) is 4.31 Å². The van der Waals surface area contributed by atoms with Crippen LogP contribution in [0.5, 0.6) is 0 Å². The topological polar surface area (TPSA) is 90.7 Å². The number of aromatic nitrogens is 2. The van der Waals surface area contributed by atoms with Gasteiger partial charge in [0.25, 0.3) is 0 Å². The highest BCUT2D eigenvalue weighted by Crippen LogP contribution is 2.49. The van der Waals surface area contributed by atoms with Gasteiger partial charge >= 0.3 is 5.97 Å². The number of hydrogen-bond acceptors (Lipinski definition) is 6. The van der Waals surface area contributed by atoms with Crippen molar-refractivity contribution in [2.75, 3.05) is 26.3 Å². The van der Waals surface area contributed by atoms with E-state index in [9.17, 15) is 13.2 Å². The van der Waals surface area contributed by atoms with Crippen LogP contribution < -0.4 is 0 Å². The fourth-order valence-corrected chi connectivity index (χ4v) is 5.91. The molecule has 0 spiro atoms. The van der Waals surface area contributed by atoms with Crippen molar-refractivity contribution in [1.29, 1.82) is 0 Å². The lowest BCUT2D eigenvalue weighted by Crippen LogP contribution is -2.40. The van der Waals surface area contributed by atoms with Gasteiger partial charge < -0.3 is 14.0 Å². The van der Waals surface area contributed by atoms with Gasteiger partial charge in [0.2, 0.25) is 10.0 Å². The monoisotopic (exact) mass is 469 g/mol. The molecule has 0 radical (unpaired) electrons. The maximum absolute atomic E-state index is 13.0. The largest absolute Gasteiger partial charge is 0.457 e. The number of imidazole rings is 1. The molecule has 1 aromatic heterocycles. The zero-order chi connectivity index (χ0) is 23.1. The molecular weight excluding hydrogens is 442 g/mol. The summed E-state index contributed by atoms with van der Waals surface area (Å²) in [5, 5.41) is 0. The zero-order valence-corrected chi connectivity index (χ0v) is 19.4. The van der Waals surface area contributed by atoms with E-state index in [1.54, 1.807) is 18.2 Å². The molecule has 3 aromatic rings. The molecule has 0 amide bonds. The Balaban J connectivity index is 1.38. The third-order valence-electron chi connectivity index (χ3n) is 6.52. The van der Waals surface area contributed by atoms with Crippen LogP contribution in [0, 0.1) is 0 Å². The maximum atomic E-state index is 13.0. The molecule has 9 heteroatoms. The number of sulfonamides is 1. The van der Waals surface area contributed by atoms with Crippen LogP contribution in [0.1, 0.15) is 31.2 Å². The Bertz CT molecular complexity index is 1280. The van der Waals surface area contributed by atoms with Gasteiger partial charge in [0, 0.05) is 19.6 Å². The molecule has 0 N–H and O–H groups in total. The quantitative estimate of drug-likeness (QED) is 0.494. The Labute approximate surface area is 193 Å². The van der Waals surface area contributed by atoms with E-state index < -0.39 is 15.4 Å². The molecule has 2 aromatic carbocycles. The van der Waals surface area contributed by atoms with Crippen molar-refractivity contribution < 1.29 is 22.7 Å². The first-order valence-electron chi connectivity index (χ1n) is 11.3. The SMILES string of the molecule is CCn1c(COC(=O)C2(c3ccccc3)CC2)nc2cc(S(=O)(=O)N3CCOCC3)ccc21. The Kier molecular flexibility index (Phi) is 5.72. The standard InChI is InChI=1S/C24H27N3O5S/c1-2-27-21-9-8-19(33(29,30)26-12-14-31-15-13-26)16-20(21)25-22(27)17-32-23(28)24(10-11-24)18-6-4-3-5-7-18/h3-9,16H,2,10-15,17H2,1H3. The second-order valence-electron chi connectivity index (χ2n) is 8.46. The van der Waals surface area contributed by atoms with Crippen molar-refractivity contribution in [1.82, 2.24) is 13.9 Å². The summed E-state index contributed by atoms with van der Waals surface area (Å²) in [6.07, 6.45) is 1.56. The predicted molar refractivity (Wildman–Crippen MR) is 122 cm³/mol. The molecule has 5 rings (SSSR count). The third-order valence-corrected chi connectivity index (χ3v) is 8.42. The minimum atomic E-state index is -3.61. The van der Waals surface area contributed by atoms with Gasteiger partial charge in [-0.05, 0) is 43.5 Å². The molecule has 0 bridgehead atoms. The number of carbonyl (C=O) groups is 1. The normalized spacial score (nSPS) is 18.3. The van der Waals surface area contributed by atoms with Crippen molar-refractivity contribution in [3.05, 3.63) is 59.9 Å². The van der Waals surface area contributed by atoms with Crippen LogP contribution in [0.15, 0.2) is 53.4 Å². The molecule has 2 fully saturated rings. The molecule has 1 aliphatic carbocycles. The number of carbonyl (C=O) groups excluding carboxylic acids is 1. The van der Waals surface area contributed by atoms with Gasteiger partial charge in [-0.15, -0.1) is 0 Å². The van der Waals surface area contributed by atoms with E-state index in [0.717, 1.165) is 23.9 Å². The van der Waals surface area contributed by atoms with Crippen LogP contribution in [-0.2, 0) is 42.9 Å². The lowest BCUT2D eigenvalue weighted by molar-refractivity contribution is -0.148. The summed E-state index contributed by atoms with van der Waals surface area (Å²) in [6.45, 7) is 4.13. The number of nitrogens with zero attached hydrogens (tertiary/aromatic N) is 3. The fraction of sp³-hybridized carbons (Fsp3) is 0.417. The zero-order valence-electron chi connectivity index (χ0n) is 18.6. The lowest BCUT2D eigenvalue weighted by atomic mass is 9.96. The number of aryl methyl sites for hydroxylation is 1. The molecule has 0 unspecified atom stereocenters. The molecule has 1 saturated carbocycles. The number of rotatable bonds is 7. The molecule has 2 heterocycles. The van der Waals surface area contributed by atoms with Crippen molar-refractivity contribution in [3.63, 3.8) is 0 Å². The summed E-state index contributed by atoms with van der Waals surface area (Å²) in [5.41, 5.74) is 1.82. The summed E-state index contributed by atoms with van der Waals surface area (Å²) in [4.78, 5) is 17.8. The summed E-state index contributed by atoms with van der Waals surface area (Å²) >= 11 is 0. The second-order valence-corrected chi connectivity index (χ2v) is 10.4. The fourth-order valence-electron chi connectivity index (χ4n) is 4.48. The predicted octanol–water partition coefficient (Wildman–Crippen LogP) is 2.85. The minimum absolute atomic E-state index is 0.0431. The smallest absolute Gasteiger partial charge is 0.317 e. The van der Waals surface area contributed by atoms with Gasteiger partial charge in [-0.3, -0.25) is 4.79 Å². The molecule has 8 nitrogen and oxygen atoms in total. The highest BCUT2D eigenvalue weighted by molar-refractivity contribution is 7.89. The molecule has 1 aliphatic heterocycles. The van der Waals surface area contributed by atoms with E-state index in [-0.39, 0.29) is 17.5 Å². The summed E-state index contributed by atoms with van der Waals surface area (Å²) in [5.74, 6) is 0.365. The van der Waals surface area contributed by atoms with Gasteiger partial charge in [0.1, 0.15) is 12.4 Å². The first kappa shape index (κ1) is 22.1. The van der Waals surface area contributed by atoms with E-state index >= 15 is 0 Å². The van der Waals surface area contributed by atoms with Gasteiger partial charge in [-0.2, -0.15) is 4.31 Å². The average Bonchev–Trinajstić information content (AvgIpc) is 3.59. The van der Waals surface area contributed by atoms with Gasteiger partial charge in [-0.25, -0.2) is 13.4 Å². The Morgan fingerprint density at radius 3 is 2.52 bits per heavy atom. The first-order valence-corrected chi connectivity index (χ1v) is 12.7. The number of ether oxygens (including phenoxy) is 2. The Hall–Kier alpha value is -2.75. The highest BCUT2D eigenvalue weighted by atomic mass is 32.2. The minimum Gasteiger partial charge on any atom is -0.457 e. The Morgan fingerprint density at radius 1 is 1.12 bits per heavy atom. The second kappa shape index (κ2) is 8.55. The lowest BCUT2D eigenvalue weighted by Gasteiger charge is -2.26. The number of hydrogen-bond donors (Lipinski definition) is 0. The molecular formula is C24H27N3O5S. The highest BCUT2D eigenvalue weighted by Gasteiger charge is 2.52. The van der Waals surface area contributed by atoms with Gasteiger partial charge in [0.05, 0.1) is 34.6 Å². The van der Waals surface area contributed by atoms with Gasteiger partial charge in [0.15, 0.2) is 0 Å². The van der Waals surface area contributed by atoms with Gasteiger partial charge in [-0.1, -0.05) is 30.3 Å². The van der Waals surface area contributed by atoms with Crippen LogP contribution in [0.25, 0.3) is 11.0 Å². The molecule has 1 saturated heterocycles. The number of esters is 1. The van der Waals surface area contributed by atoms with Crippen molar-refractivity contribution in [2.45, 2.75) is 43.2 Å². The molecule has 174 valence electrons.